The van der Waals surface area contributed by atoms with Gasteiger partial charge in [0.2, 0.25) is 0 Å². The second-order valence-electron chi connectivity index (χ2n) is 4.44. The summed E-state index contributed by atoms with van der Waals surface area (Å²) in [6, 6.07) is 6.07. The molecule has 0 bridgehead atoms. The number of carbonyl (C=O) groups is 1. The number of hydrogen-bond acceptors (Lipinski definition) is 3. The highest BCUT2D eigenvalue weighted by Gasteiger charge is 2.05. The fraction of sp³-hybridized carbons (Fsp3) is 0.438. The average Bonchev–Trinajstić information content (AvgIpc) is 2.42. The molecule has 0 heterocycles. The minimum absolute atomic E-state index is 0.147. The first kappa shape index (κ1) is 15.3. The molecule has 3 nitrogen and oxygen atoms in total. The lowest BCUT2D eigenvalue weighted by molar-refractivity contribution is 0.0501. The summed E-state index contributed by atoms with van der Waals surface area (Å²) in [5.74, 6) is -0.191. The van der Waals surface area contributed by atoms with E-state index in [4.69, 9.17) is 9.84 Å². The first-order valence-corrected chi connectivity index (χ1v) is 6.85. The van der Waals surface area contributed by atoms with Gasteiger partial charge in [0.05, 0.1) is 12.2 Å². The quantitative estimate of drug-likeness (QED) is 0.436. The first-order chi connectivity index (χ1) is 9.24. The molecule has 0 fully saturated rings. The van der Waals surface area contributed by atoms with Crippen LogP contribution in [0.3, 0.4) is 0 Å². The normalized spacial score (nSPS) is 10.8. The lowest BCUT2D eigenvalue weighted by Gasteiger charge is -2.03. The van der Waals surface area contributed by atoms with Crippen LogP contribution in [0.4, 0.5) is 0 Å². The van der Waals surface area contributed by atoms with Gasteiger partial charge >= 0.3 is 5.97 Å². The number of allylic oxidation sites excluding steroid dienone is 2. The second-order valence-corrected chi connectivity index (χ2v) is 4.44. The van der Waals surface area contributed by atoms with Crippen molar-refractivity contribution in [3.05, 3.63) is 42.0 Å². The van der Waals surface area contributed by atoms with Crippen molar-refractivity contribution >= 4 is 5.97 Å². The molecule has 3 heteroatoms. The molecular weight excluding hydrogens is 240 g/mol. The van der Waals surface area contributed by atoms with E-state index >= 15 is 0 Å². The molecule has 0 aliphatic rings. The summed E-state index contributed by atoms with van der Waals surface area (Å²) in [5.41, 5.74) is 0.469. The third-order valence-electron chi connectivity index (χ3n) is 2.74. The van der Waals surface area contributed by atoms with Gasteiger partial charge in [-0.15, -0.1) is 0 Å². The standard InChI is InChI=1S/C16H22O3/c1-2-3-4-5-6-7-8-13-19-16(18)14-9-11-15(17)12-10-14/h5-6,9-12,17H,2-4,7-8,13H2,1H3/b6-5+. The van der Waals surface area contributed by atoms with Gasteiger partial charge in [-0.25, -0.2) is 4.79 Å². The zero-order valence-electron chi connectivity index (χ0n) is 11.5. The van der Waals surface area contributed by atoms with Crippen LogP contribution in [0.2, 0.25) is 0 Å². The molecule has 0 aromatic heterocycles. The lowest BCUT2D eigenvalue weighted by atomic mass is 10.2. The molecule has 0 spiro atoms. The third-order valence-corrected chi connectivity index (χ3v) is 2.74. The Balaban J connectivity index is 2.14. The van der Waals surface area contributed by atoms with Crippen molar-refractivity contribution in [2.24, 2.45) is 0 Å². The molecule has 0 unspecified atom stereocenters. The van der Waals surface area contributed by atoms with Crippen LogP contribution in [0.25, 0.3) is 0 Å². The Morgan fingerprint density at radius 3 is 2.42 bits per heavy atom. The van der Waals surface area contributed by atoms with Crippen LogP contribution in [0.5, 0.6) is 5.75 Å². The third kappa shape index (κ3) is 6.65. The Hall–Kier alpha value is -1.77. The maximum absolute atomic E-state index is 11.6. The number of rotatable bonds is 8. The SMILES string of the molecule is CCCC/C=C/CCCOC(=O)c1ccc(O)cc1. The van der Waals surface area contributed by atoms with Gasteiger partial charge in [0.15, 0.2) is 0 Å². The van der Waals surface area contributed by atoms with E-state index in [2.05, 4.69) is 19.1 Å². The summed E-state index contributed by atoms with van der Waals surface area (Å²) in [6.07, 6.45) is 9.68. The minimum atomic E-state index is -0.338. The molecule has 104 valence electrons. The minimum Gasteiger partial charge on any atom is -0.508 e. The molecule has 0 atom stereocenters. The highest BCUT2D eigenvalue weighted by molar-refractivity contribution is 5.89. The van der Waals surface area contributed by atoms with Gasteiger partial charge in [-0.05, 0) is 43.5 Å². The predicted molar refractivity (Wildman–Crippen MR) is 76.3 cm³/mol. The monoisotopic (exact) mass is 262 g/mol. The number of benzene rings is 1. The van der Waals surface area contributed by atoms with Crippen molar-refractivity contribution in [1.82, 2.24) is 0 Å². The van der Waals surface area contributed by atoms with Crippen molar-refractivity contribution in [2.75, 3.05) is 6.61 Å². The maximum Gasteiger partial charge on any atom is 0.338 e. The van der Waals surface area contributed by atoms with Gasteiger partial charge in [-0.2, -0.15) is 0 Å². The molecule has 1 N–H and O–H groups in total. The van der Waals surface area contributed by atoms with Crippen LogP contribution >= 0.6 is 0 Å². The van der Waals surface area contributed by atoms with Crippen LogP contribution in [0.15, 0.2) is 36.4 Å². The molecule has 0 amide bonds. The van der Waals surface area contributed by atoms with E-state index in [1.54, 1.807) is 12.1 Å². The fourth-order valence-corrected chi connectivity index (χ4v) is 1.60. The van der Waals surface area contributed by atoms with Crippen LogP contribution in [0.1, 0.15) is 49.4 Å². The Morgan fingerprint density at radius 2 is 1.79 bits per heavy atom. The molecule has 0 saturated carbocycles. The maximum atomic E-state index is 11.6. The molecule has 0 radical (unpaired) electrons. The number of aromatic hydroxyl groups is 1. The molecule has 1 rings (SSSR count). The van der Waals surface area contributed by atoms with E-state index in [9.17, 15) is 4.79 Å². The highest BCUT2D eigenvalue weighted by atomic mass is 16.5. The largest absolute Gasteiger partial charge is 0.508 e. The molecule has 1 aromatic carbocycles. The Labute approximate surface area is 114 Å². The number of ether oxygens (including phenoxy) is 1. The lowest BCUT2D eigenvalue weighted by Crippen LogP contribution is -2.05. The topological polar surface area (TPSA) is 46.5 Å². The molecule has 0 aliphatic heterocycles. The first-order valence-electron chi connectivity index (χ1n) is 6.85. The van der Waals surface area contributed by atoms with Gasteiger partial charge in [-0.1, -0.05) is 31.9 Å². The summed E-state index contributed by atoms with van der Waals surface area (Å²) in [7, 11) is 0. The zero-order valence-corrected chi connectivity index (χ0v) is 11.5. The van der Waals surface area contributed by atoms with Crippen LogP contribution in [-0.2, 0) is 4.74 Å². The van der Waals surface area contributed by atoms with E-state index in [1.807, 2.05) is 0 Å². The Morgan fingerprint density at radius 1 is 1.16 bits per heavy atom. The van der Waals surface area contributed by atoms with Crippen molar-refractivity contribution in [3.8, 4) is 5.75 Å². The van der Waals surface area contributed by atoms with Gasteiger partial charge in [0.1, 0.15) is 5.75 Å². The van der Waals surface area contributed by atoms with Crippen LogP contribution in [-0.4, -0.2) is 17.7 Å². The number of phenolic OH excluding ortho intramolecular Hbond substituents is 1. The van der Waals surface area contributed by atoms with Crippen molar-refractivity contribution in [2.45, 2.75) is 39.0 Å². The summed E-state index contributed by atoms with van der Waals surface area (Å²) in [6.45, 7) is 2.61. The summed E-state index contributed by atoms with van der Waals surface area (Å²) in [4.78, 5) is 11.6. The van der Waals surface area contributed by atoms with E-state index < -0.39 is 0 Å². The Kier molecular flexibility index (Phi) is 7.40. The van der Waals surface area contributed by atoms with E-state index in [1.165, 1.54) is 25.0 Å². The van der Waals surface area contributed by atoms with E-state index in [-0.39, 0.29) is 11.7 Å². The molecule has 0 aliphatic carbocycles. The molecule has 0 saturated heterocycles. The summed E-state index contributed by atoms with van der Waals surface area (Å²) < 4.78 is 5.14. The predicted octanol–water partition coefficient (Wildman–Crippen LogP) is 4.08. The fourth-order valence-electron chi connectivity index (χ4n) is 1.60. The number of esters is 1. The molecule has 1 aromatic rings. The van der Waals surface area contributed by atoms with E-state index in [0.717, 1.165) is 19.3 Å². The number of phenols is 1. The zero-order chi connectivity index (χ0) is 13.9. The van der Waals surface area contributed by atoms with Crippen molar-refractivity contribution < 1.29 is 14.6 Å². The highest BCUT2D eigenvalue weighted by Crippen LogP contribution is 2.10. The van der Waals surface area contributed by atoms with E-state index in [0.29, 0.717) is 12.2 Å². The Bertz CT molecular complexity index is 393. The number of hydrogen-bond donors (Lipinski definition) is 1. The summed E-state index contributed by atoms with van der Waals surface area (Å²) in [5, 5.41) is 9.11. The van der Waals surface area contributed by atoms with Gasteiger partial charge in [0.25, 0.3) is 0 Å². The number of carbonyl (C=O) groups excluding carboxylic acids is 1. The van der Waals surface area contributed by atoms with Crippen molar-refractivity contribution in [1.29, 1.82) is 0 Å². The van der Waals surface area contributed by atoms with Gasteiger partial charge < -0.3 is 9.84 Å². The van der Waals surface area contributed by atoms with Crippen LogP contribution < -0.4 is 0 Å². The number of unbranched alkanes of at least 4 members (excludes halogenated alkanes) is 3. The smallest absolute Gasteiger partial charge is 0.338 e. The molecule has 19 heavy (non-hydrogen) atoms. The second kappa shape index (κ2) is 9.20. The van der Waals surface area contributed by atoms with Gasteiger partial charge in [0, 0.05) is 0 Å². The van der Waals surface area contributed by atoms with Crippen molar-refractivity contribution in [3.63, 3.8) is 0 Å². The average molecular weight is 262 g/mol. The molecular formula is C16H22O3. The van der Waals surface area contributed by atoms with Crippen LogP contribution in [0, 0.1) is 0 Å². The summed E-state index contributed by atoms with van der Waals surface area (Å²) >= 11 is 0. The van der Waals surface area contributed by atoms with Gasteiger partial charge in [-0.3, -0.25) is 0 Å².